The highest BCUT2D eigenvalue weighted by atomic mass is 79.9. The first-order chi connectivity index (χ1) is 9.01. The summed E-state index contributed by atoms with van der Waals surface area (Å²) in [6.45, 7) is 0.994. The molecule has 0 unspecified atom stereocenters. The van der Waals surface area contributed by atoms with Gasteiger partial charge in [0.1, 0.15) is 0 Å². The smallest absolute Gasteiger partial charge is 0.241 e. The lowest BCUT2D eigenvalue weighted by Gasteiger charge is -2.02. The number of hydrogen-bond acceptors (Lipinski definition) is 5. The van der Waals surface area contributed by atoms with Crippen molar-refractivity contribution < 1.29 is 8.42 Å². The van der Waals surface area contributed by atoms with Gasteiger partial charge < -0.3 is 5.32 Å². The molecule has 2 aromatic heterocycles. The first-order valence-electron chi connectivity index (χ1n) is 5.47. The standard InChI is InChI=1S/C11H13BrN2O2S3/c1-13-5-9-4-10(7-17-9)19(15,16)14-6-8-2-3-11(12)18-8/h2-4,7,13-14H,5-6H2,1H3. The van der Waals surface area contributed by atoms with Crippen LogP contribution in [0.1, 0.15) is 9.75 Å². The van der Waals surface area contributed by atoms with E-state index < -0.39 is 10.0 Å². The molecule has 0 aliphatic heterocycles. The molecule has 0 amide bonds. The van der Waals surface area contributed by atoms with Crippen LogP contribution in [0.2, 0.25) is 0 Å². The highest BCUT2D eigenvalue weighted by Gasteiger charge is 2.16. The fraction of sp³-hybridized carbons (Fsp3) is 0.273. The van der Waals surface area contributed by atoms with Crippen LogP contribution in [0.5, 0.6) is 0 Å². The maximum atomic E-state index is 12.1. The number of halogens is 1. The van der Waals surface area contributed by atoms with Crippen LogP contribution in [0.3, 0.4) is 0 Å². The lowest BCUT2D eigenvalue weighted by molar-refractivity contribution is 0.582. The van der Waals surface area contributed by atoms with Crippen molar-refractivity contribution >= 4 is 48.6 Å². The number of rotatable bonds is 6. The Bertz CT molecular complexity index is 648. The van der Waals surface area contributed by atoms with E-state index in [0.29, 0.717) is 18.0 Å². The molecule has 2 heterocycles. The molecule has 8 heteroatoms. The van der Waals surface area contributed by atoms with Gasteiger partial charge in [0.05, 0.1) is 8.68 Å². The maximum Gasteiger partial charge on any atom is 0.241 e. The Morgan fingerprint density at radius 1 is 1.26 bits per heavy atom. The van der Waals surface area contributed by atoms with Gasteiger partial charge in [-0.05, 0) is 41.2 Å². The summed E-state index contributed by atoms with van der Waals surface area (Å²) in [5.41, 5.74) is 0. The predicted molar refractivity (Wildman–Crippen MR) is 83.1 cm³/mol. The molecule has 0 bridgehead atoms. The molecule has 0 aromatic carbocycles. The van der Waals surface area contributed by atoms with Gasteiger partial charge in [0.25, 0.3) is 0 Å². The first kappa shape index (κ1) is 15.1. The minimum absolute atomic E-state index is 0.315. The third-order valence-corrected chi connectivity index (χ3v) is 6.45. The molecule has 0 atom stereocenters. The number of hydrogen-bond donors (Lipinski definition) is 2. The summed E-state index contributed by atoms with van der Waals surface area (Å²) in [5.74, 6) is 0. The Hall–Kier alpha value is -0.250. The van der Waals surface area contributed by atoms with Crippen LogP contribution < -0.4 is 10.0 Å². The maximum absolute atomic E-state index is 12.1. The van der Waals surface area contributed by atoms with Crippen molar-refractivity contribution in [3.8, 4) is 0 Å². The van der Waals surface area contributed by atoms with Gasteiger partial charge in [-0.15, -0.1) is 22.7 Å². The van der Waals surface area contributed by atoms with Crippen LogP contribution in [0.15, 0.2) is 32.3 Å². The van der Waals surface area contributed by atoms with Gasteiger partial charge in [0, 0.05) is 28.2 Å². The molecule has 104 valence electrons. The Kier molecular flexibility index (Phi) is 5.15. The minimum Gasteiger partial charge on any atom is -0.315 e. The monoisotopic (exact) mass is 380 g/mol. The van der Waals surface area contributed by atoms with E-state index in [0.717, 1.165) is 13.5 Å². The summed E-state index contributed by atoms with van der Waals surface area (Å²) in [4.78, 5) is 2.31. The van der Waals surface area contributed by atoms with E-state index in [2.05, 4.69) is 26.0 Å². The highest BCUT2D eigenvalue weighted by molar-refractivity contribution is 9.11. The van der Waals surface area contributed by atoms with Gasteiger partial charge in [-0.25, -0.2) is 13.1 Å². The van der Waals surface area contributed by atoms with E-state index in [1.165, 1.54) is 22.7 Å². The summed E-state index contributed by atoms with van der Waals surface area (Å²) in [5, 5.41) is 4.67. The van der Waals surface area contributed by atoms with Crippen molar-refractivity contribution in [2.45, 2.75) is 18.0 Å². The molecule has 0 saturated carbocycles. The van der Waals surface area contributed by atoms with Crippen molar-refractivity contribution in [2.75, 3.05) is 7.05 Å². The zero-order valence-corrected chi connectivity index (χ0v) is 14.2. The van der Waals surface area contributed by atoms with Crippen molar-refractivity contribution in [3.05, 3.63) is 37.1 Å². The van der Waals surface area contributed by atoms with Gasteiger partial charge in [-0.2, -0.15) is 0 Å². The molecule has 0 radical (unpaired) electrons. The normalized spacial score (nSPS) is 11.9. The molecule has 0 saturated heterocycles. The summed E-state index contributed by atoms with van der Waals surface area (Å²) >= 11 is 6.31. The van der Waals surface area contributed by atoms with E-state index in [-0.39, 0.29) is 0 Å². The number of sulfonamides is 1. The lowest BCUT2D eigenvalue weighted by Crippen LogP contribution is -2.22. The molecule has 2 aromatic rings. The van der Waals surface area contributed by atoms with Crippen molar-refractivity contribution in [2.24, 2.45) is 0 Å². The average Bonchev–Trinajstić information content (AvgIpc) is 2.97. The number of thiophene rings is 2. The van der Waals surface area contributed by atoms with E-state index in [1.807, 2.05) is 19.2 Å². The van der Waals surface area contributed by atoms with Gasteiger partial charge in [-0.1, -0.05) is 0 Å². The third kappa shape index (κ3) is 4.11. The van der Waals surface area contributed by atoms with E-state index in [4.69, 9.17) is 0 Å². The van der Waals surface area contributed by atoms with Crippen LogP contribution in [-0.4, -0.2) is 15.5 Å². The average molecular weight is 381 g/mol. The van der Waals surface area contributed by atoms with Crippen molar-refractivity contribution in [1.82, 2.24) is 10.0 Å². The molecule has 0 aliphatic rings. The van der Waals surface area contributed by atoms with E-state index >= 15 is 0 Å². The summed E-state index contributed by atoms with van der Waals surface area (Å²) < 4.78 is 27.8. The van der Waals surface area contributed by atoms with Crippen LogP contribution >= 0.6 is 38.6 Å². The molecule has 2 rings (SSSR count). The predicted octanol–water partition coefficient (Wildman–Crippen LogP) is 2.77. The quantitative estimate of drug-likeness (QED) is 0.809. The van der Waals surface area contributed by atoms with Gasteiger partial charge in [-0.3, -0.25) is 0 Å². The summed E-state index contributed by atoms with van der Waals surface area (Å²) in [6.07, 6.45) is 0. The molecule has 0 fully saturated rings. The van der Waals surface area contributed by atoms with E-state index in [9.17, 15) is 8.42 Å². The topological polar surface area (TPSA) is 58.2 Å². The molecule has 2 N–H and O–H groups in total. The fourth-order valence-electron chi connectivity index (χ4n) is 1.46. The number of nitrogens with one attached hydrogen (secondary N) is 2. The zero-order valence-electron chi connectivity index (χ0n) is 10.1. The van der Waals surface area contributed by atoms with Gasteiger partial charge in [0.2, 0.25) is 10.0 Å². The fourth-order valence-corrected chi connectivity index (χ4v) is 5.27. The van der Waals surface area contributed by atoms with Crippen LogP contribution in [0.4, 0.5) is 0 Å². The minimum atomic E-state index is -3.42. The Balaban J connectivity index is 2.04. The second-order valence-electron chi connectivity index (χ2n) is 3.81. The molecule has 0 aliphatic carbocycles. The summed E-state index contributed by atoms with van der Waals surface area (Å²) in [7, 11) is -1.59. The lowest BCUT2D eigenvalue weighted by atomic mass is 10.5. The van der Waals surface area contributed by atoms with Crippen LogP contribution in [0, 0.1) is 0 Å². The summed E-state index contributed by atoms with van der Waals surface area (Å²) in [6, 6.07) is 5.51. The molecular weight excluding hydrogens is 368 g/mol. The third-order valence-electron chi connectivity index (χ3n) is 2.36. The van der Waals surface area contributed by atoms with Gasteiger partial charge in [0.15, 0.2) is 0 Å². The van der Waals surface area contributed by atoms with Crippen LogP contribution in [0.25, 0.3) is 0 Å². The molecule has 19 heavy (non-hydrogen) atoms. The second-order valence-corrected chi connectivity index (χ2v) is 9.12. The van der Waals surface area contributed by atoms with Crippen molar-refractivity contribution in [1.29, 1.82) is 0 Å². The first-order valence-corrected chi connectivity index (χ1v) is 9.44. The van der Waals surface area contributed by atoms with Gasteiger partial charge >= 0.3 is 0 Å². The highest BCUT2D eigenvalue weighted by Crippen LogP contribution is 2.23. The molecular formula is C11H13BrN2O2S3. The zero-order chi connectivity index (χ0) is 13.9. The largest absolute Gasteiger partial charge is 0.315 e. The molecule has 0 spiro atoms. The molecule has 4 nitrogen and oxygen atoms in total. The van der Waals surface area contributed by atoms with Crippen molar-refractivity contribution in [3.63, 3.8) is 0 Å². The van der Waals surface area contributed by atoms with Crippen LogP contribution in [-0.2, 0) is 23.1 Å². The Labute approximate surface area is 129 Å². The van der Waals surface area contributed by atoms with E-state index in [1.54, 1.807) is 11.4 Å². The Morgan fingerprint density at radius 2 is 2.05 bits per heavy atom. The SMILES string of the molecule is CNCc1cc(S(=O)(=O)NCc2ccc(Br)s2)cs1. The second kappa shape index (κ2) is 6.47. The Morgan fingerprint density at radius 3 is 2.68 bits per heavy atom.